The number of nitrogens with zero attached hydrogens (tertiary/aromatic N) is 1. The number of nitrogens with one attached hydrogen (secondary N) is 1. The lowest BCUT2D eigenvalue weighted by Crippen LogP contribution is -2.42. The predicted octanol–water partition coefficient (Wildman–Crippen LogP) is 3.11. The Kier molecular flexibility index (Phi) is 6.67. The van der Waals surface area contributed by atoms with Gasteiger partial charge in [0.2, 0.25) is 5.91 Å². The van der Waals surface area contributed by atoms with Crippen molar-refractivity contribution in [3.63, 3.8) is 0 Å². The Bertz CT molecular complexity index is 1060. The molecule has 3 rings (SSSR count). The molecule has 1 amide bonds. The van der Waals surface area contributed by atoms with Crippen molar-refractivity contribution < 1.29 is 27.5 Å². The first kappa shape index (κ1) is 22.1. The second kappa shape index (κ2) is 9.05. The number of fused-ring (bicyclic) bond motifs is 1. The van der Waals surface area contributed by atoms with Gasteiger partial charge in [-0.2, -0.15) is 0 Å². The number of sulfonamides is 1. The van der Waals surface area contributed by atoms with Crippen molar-refractivity contribution in [1.29, 1.82) is 0 Å². The van der Waals surface area contributed by atoms with Gasteiger partial charge in [0, 0.05) is 11.7 Å². The number of thioether (sulfide) groups is 1. The Morgan fingerprint density at radius 2 is 1.90 bits per heavy atom. The number of carbonyl (C=O) groups excluding carboxylic acids is 1. The van der Waals surface area contributed by atoms with Gasteiger partial charge in [-0.15, -0.1) is 11.8 Å². The molecule has 0 unspecified atom stereocenters. The zero-order valence-electron chi connectivity index (χ0n) is 16.2. The second-order valence-electron chi connectivity index (χ2n) is 6.92. The summed E-state index contributed by atoms with van der Waals surface area (Å²) < 4.78 is 41.4. The van der Waals surface area contributed by atoms with E-state index in [2.05, 4.69) is 5.32 Å². The van der Waals surface area contributed by atoms with E-state index in [1.54, 1.807) is 0 Å². The van der Waals surface area contributed by atoms with Gasteiger partial charge >= 0.3 is 5.97 Å². The van der Waals surface area contributed by atoms with Crippen molar-refractivity contribution in [3.05, 3.63) is 53.8 Å². The van der Waals surface area contributed by atoms with Crippen LogP contribution in [0.5, 0.6) is 0 Å². The molecule has 0 saturated carbocycles. The SMILES string of the molecule is C[C@@H]1CCc2cc(F)ccc2N1S(=O)(=O)c1ccc(NC(=O)CSCC(=O)O)cc1. The summed E-state index contributed by atoms with van der Waals surface area (Å²) in [7, 11) is -3.88. The minimum absolute atomic E-state index is 0.0228. The van der Waals surface area contributed by atoms with Crippen LogP contribution in [0.2, 0.25) is 0 Å². The molecule has 30 heavy (non-hydrogen) atoms. The summed E-state index contributed by atoms with van der Waals surface area (Å²) >= 11 is 0.969. The number of aryl methyl sites for hydroxylation is 1. The predicted molar refractivity (Wildman–Crippen MR) is 114 cm³/mol. The van der Waals surface area contributed by atoms with Gasteiger partial charge in [-0.25, -0.2) is 12.8 Å². The number of benzene rings is 2. The summed E-state index contributed by atoms with van der Waals surface area (Å²) in [4.78, 5) is 22.4. The third kappa shape index (κ3) is 4.93. The number of aliphatic carboxylic acids is 1. The molecular weight excluding hydrogens is 431 g/mol. The lowest BCUT2D eigenvalue weighted by molar-refractivity contribution is -0.133. The molecule has 2 N–H and O–H groups in total. The standard InChI is InChI=1S/C20H21FN2O5S2/c1-13-2-3-14-10-15(21)4-9-18(14)23(13)30(27,28)17-7-5-16(6-8-17)22-19(24)11-29-12-20(25)26/h4-10,13H,2-3,11-12H2,1H3,(H,22,24)(H,25,26)/t13-/m1/s1. The molecule has 160 valence electrons. The number of hydrogen-bond donors (Lipinski definition) is 2. The summed E-state index contributed by atoms with van der Waals surface area (Å²) in [6.07, 6.45) is 1.18. The van der Waals surface area contributed by atoms with Crippen LogP contribution >= 0.6 is 11.8 Å². The monoisotopic (exact) mass is 452 g/mol. The molecule has 0 spiro atoms. The number of carboxylic acid groups (broad SMARTS) is 1. The maximum absolute atomic E-state index is 13.6. The Morgan fingerprint density at radius 3 is 2.57 bits per heavy atom. The highest BCUT2D eigenvalue weighted by molar-refractivity contribution is 8.00. The first-order chi connectivity index (χ1) is 14.2. The van der Waals surface area contributed by atoms with Gasteiger partial charge in [0.15, 0.2) is 0 Å². The Balaban J connectivity index is 1.77. The fourth-order valence-corrected chi connectivity index (χ4v) is 5.56. The van der Waals surface area contributed by atoms with E-state index >= 15 is 0 Å². The van der Waals surface area contributed by atoms with Crippen LogP contribution in [-0.4, -0.2) is 42.9 Å². The van der Waals surface area contributed by atoms with Crippen LogP contribution in [-0.2, 0) is 26.0 Å². The van der Waals surface area contributed by atoms with E-state index < -0.39 is 21.8 Å². The zero-order valence-corrected chi connectivity index (χ0v) is 17.8. The number of carboxylic acids is 1. The van der Waals surface area contributed by atoms with Crippen molar-refractivity contribution in [3.8, 4) is 0 Å². The fourth-order valence-electron chi connectivity index (χ4n) is 3.31. The summed E-state index contributed by atoms with van der Waals surface area (Å²) in [5, 5.41) is 11.2. The number of hydrogen-bond acceptors (Lipinski definition) is 5. The van der Waals surface area contributed by atoms with Crippen molar-refractivity contribution in [2.24, 2.45) is 0 Å². The van der Waals surface area contributed by atoms with E-state index in [-0.39, 0.29) is 28.4 Å². The molecule has 0 aromatic heterocycles. The number of carbonyl (C=O) groups is 2. The van der Waals surface area contributed by atoms with Crippen molar-refractivity contribution in [1.82, 2.24) is 0 Å². The number of rotatable bonds is 7. The molecule has 0 radical (unpaired) electrons. The average molecular weight is 453 g/mol. The highest BCUT2D eigenvalue weighted by atomic mass is 32.2. The van der Waals surface area contributed by atoms with Crippen LogP contribution in [0, 0.1) is 5.82 Å². The third-order valence-electron chi connectivity index (χ3n) is 4.66. The molecule has 0 aliphatic carbocycles. The van der Waals surface area contributed by atoms with Gasteiger partial charge < -0.3 is 10.4 Å². The maximum atomic E-state index is 13.6. The van der Waals surface area contributed by atoms with Gasteiger partial charge in [0.05, 0.1) is 22.1 Å². The van der Waals surface area contributed by atoms with Crippen LogP contribution in [0.3, 0.4) is 0 Å². The molecule has 1 aliphatic heterocycles. The van der Waals surface area contributed by atoms with E-state index in [0.29, 0.717) is 29.8 Å². The Hall–Kier alpha value is -2.59. The first-order valence-corrected chi connectivity index (χ1v) is 11.8. The number of amides is 1. The van der Waals surface area contributed by atoms with E-state index in [9.17, 15) is 22.4 Å². The minimum atomic E-state index is -3.88. The third-order valence-corrected chi connectivity index (χ3v) is 7.52. The lowest BCUT2D eigenvalue weighted by Gasteiger charge is -2.36. The average Bonchev–Trinajstić information content (AvgIpc) is 2.68. The van der Waals surface area contributed by atoms with Gasteiger partial charge in [-0.3, -0.25) is 13.9 Å². The zero-order chi connectivity index (χ0) is 21.9. The van der Waals surface area contributed by atoms with E-state index in [1.807, 2.05) is 6.92 Å². The van der Waals surface area contributed by atoms with Gasteiger partial charge in [0.25, 0.3) is 10.0 Å². The molecule has 2 aromatic rings. The van der Waals surface area contributed by atoms with E-state index in [0.717, 1.165) is 11.8 Å². The van der Waals surface area contributed by atoms with Crippen LogP contribution < -0.4 is 9.62 Å². The van der Waals surface area contributed by atoms with Crippen molar-refractivity contribution in [2.75, 3.05) is 21.1 Å². The Morgan fingerprint density at radius 1 is 1.20 bits per heavy atom. The molecule has 7 nitrogen and oxygen atoms in total. The molecular formula is C20H21FN2O5S2. The molecule has 1 atom stereocenters. The summed E-state index contributed by atoms with van der Waals surface area (Å²) in [6, 6.07) is 9.59. The summed E-state index contributed by atoms with van der Waals surface area (Å²) in [6.45, 7) is 1.81. The van der Waals surface area contributed by atoms with Gasteiger partial charge in [0.1, 0.15) is 5.82 Å². The van der Waals surface area contributed by atoms with Crippen molar-refractivity contribution >= 4 is 45.0 Å². The molecule has 0 bridgehead atoms. The molecule has 0 fully saturated rings. The normalized spacial score (nSPS) is 16.1. The topological polar surface area (TPSA) is 104 Å². The largest absolute Gasteiger partial charge is 0.481 e. The van der Waals surface area contributed by atoms with Crippen LogP contribution in [0.1, 0.15) is 18.9 Å². The lowest BCUT2D eigenvalue weighted by atomic mass is 9.99. The molecule has 2 aromatic carbocycles. The number of anilines is 2. The van der Waals surface area contributed by atoms with Crippen LogP contribution in [0.15, 0.2) is 47.4 Å². The van der Waals surface area contributed by atoms with Gasteiger partial charge in [-0.1, -0.05) is 0 Å². The maximum Gasteiger partial charge on any atom is 0.313 e. The Labute approximate surface area is 178 Å². The highest BCUT2D eigenvalue weighted by Crippen LogP contribution is 2.35. The second-order valence-corrected chi connectivity index (χ2v) is 9.72. The first-order valence-electron chi connectivity index (χ1n) is 9.21. The number of halogens is 1. The highest BCUT2D eigenvalue weighted by Gasteiger charge is 2.34. The smallest absolute Gasteiger partial charge is 0.313 e. The van der Waals surface area contributed by atoms with Crippen molar-refractivity contribution in [2.45, 2.75) is 30.7 Å². The fraction of sp³-hybridized carbons (Fsp3) is 0.300. The molecule has 1 aliphatic rings. The van der Waals surface area contributed by atoms with Crippen LogP contribution in [0.4, 0.5) is 15.8 Å². The molecule has 0 saturated heterocycles. The molecule has 1 heterocycles. The minimum Gasteiger partial charge on any atom is -0.481 e. The summed E-state index contributed by atoms with van der Waals surface area (Å²) in [5.41, 5.74) is 1.53. The van der Waals surface area contributed by atoms with Crippen LogP contribution in [0.25, 0.3) is 0 Å². The van der Waals surface area contributed by atoms with E-state index in [1.165, 1.54) is 46.8 Å². The quantitative estimate of drug-likeness (QED) is 0.669. The van der Waals surface area contributed by atoms with E-state index in [4.69, 9.17) is 5.11 Å². The molecule has 10 heteroatoms. The van der Waals surface area contributed by atoms with Gasteiger partial charge in [-0.05, 0) is 67.8 Å². The summed E-state index contributed by atoms with van der Waals surface area (Å²) in [5.74, 6) is -1.98.